The Morgan fingerprint density at radius 1 is 1.18 bits per heavy atom. The van der Waals surface area contributed by atoms with Gasteiger partial charge in [-0.05, 0) is 70.4 Å². The van der Waals surface area contributed by atoms with Gasteiger partial charge in [-0.3, -0.25) is 4.79 Å². The van der Waals surface area contributed by atoms with E-state index in [1.54, 1.807) is 26.8 Å². The van der Waals surface area contributed by atoms with Crippen molar-refractivity contribution < 1.29 is 15.7 Å². The standard InChI is InChI=1S/C22H25N3O3/c1-15-13-18(12-11-17-9-7-6-8-10-17)24-19(14-15)25-20(26)16(2)23-21(27)28-22(3,4)5/h6-10,13-14,16H,1-5H3,(H,23,27)(H,24,25,26)/i/hD. The van der Waals surface area contributed by atoms with E-state index in [-0.39, 0.29) is 0 Å². The largest absolute Gasteiger partial charge is 0.444 e. The lowest BCUT2D eigenvalue weighted by Gasteiger charge is -2.21. The molecule has 0 bridgehead atoms. The predicted octanol–water partition coefficient (Wildman–Crippen LogP) is 3.64. The van der Waals surface area contributed by atoms with Gasteiger partial charge in [0, 0.05) is 5.56 Å². The Balaban J connectivity index is 2.11. The molecule has 0 aliphatic carbocycles. The number of amides is 2. The van der Waals surface area contributed by atoms with Gasteiger partial charge in [-0.25, -0.2) is 9.78 Å². The number of alkyl carbamates (subject to hydrolysis) is 1. The van der Waals surface area contributed by atoms with Gasteiger partial charge in [-0.2, -0.15) is 0 Å². The van der Waals surface area contributed by atoms with Crippen molar-refractivity contribution in [2.24, 2.45) is 0 Å². The molecule has 2 rings (SSSR count). The topological polar surface area (TPSA) is 80.3 Å². The summed E-state index contributed by atoms with van der Waals surface area (Å²) in [6, 6.07) is 11.9. The molecule has 1 atom stereocenters. The van der Waals surface area contributed by atoms with Crippen molar-refractivity contribution in [2.45, 2.75) is 46.3 Å². The van der Waals surface area contributed by atoms with Gasteiger partial charge in [-0.15, -0.1) is 0 Å². The van der Waals surface area contributed by atoms with E-state index < -0.39 is 23.6 Å². The molecule has 1 heterocycles. The van der Waals surface area contributed by atoms with Gasteiger partial charge in [0.2, 0.25) is 5.91 Å². The maximum Gasteiger partial charge on any atom is 0.408 e. The van der Waals surface area contributed by atoms with Gasteiger partial charge >= 0.3 is 6.09 Å². The normalized spacial score (nSPS) is 12.1. The van der Waals surface area contributed by atoms with E-state index in [0.29, 0.717) is 16.8 Å². The molecule has 1 aromatic carbocycles. The molecule has 0 spiro atoms. The van der Waals surface area contributed by atoms with E-state index in [1.165, 1.54) is 6.92 Å². The number of aryl methyl sites for hydroxylation is 1. The van der Waals surface area contributed by atoms with Crippen molar-refractivity contribution in [3.8, 4) is 11.8 Å². The number of benzene rings is 1. The molecule has 1 unspecified atom stereocenters. The van der Waals surface area contributed by atoms with Gasteiger partial charge in [-0.1, -0.05) is 24.1 Å². The number of pyridine rings is 1. The Hall–Kier alpha value is -3.33. The van der Waals surface area contributed by atoms with Gasteiger partial charge in [0.25, 0.3) is 0 Å². The second-order valence-corrected chi connectivity index (χ2v) is 7.31. The third-order valence-electron chi connectivity index (χ3n) is 3.40. The molecule has 6 nitrogen and oxygen atoms in total. The van der Waals surface area contributed by atoms with Crippen molar-refractivity contribution in [2.75, 3.05) is 5.32 Å². The number of rotatable bonds is 3. The molecule has 0 fully saturated rings. The molecule has 0 saturated heterocycles. The number of carbonyl (C=O) groups is 2. The number of nitrogens with one attached hydrogen (secondary N) is 2. The van der Waals surface area contributed by atoms with E-state index in [0.717, 1.165) is 11.1 Å². The molecular formula is C22H25N3O3. The van der Waals surface area contributed by atoms with Gasteiger partial charge in [0.05, 0.1) is 0 Å². The average molecular weight is 380 g/mol. The highest BCUT2D eigenvalue weighted by Gasteiger charge is 2.21. The van der Waals surface area contributed by atoms with Crippen LogP contribution >= 0.6 is 0 Å². The van der Waals surface area contributed by atoms with Crippen LogP contribution < -0.4 is 10.6 Å². The number of ether oxygens (including phenoxy) is 1. The SMILES string of the molecule is [2H]N(C(=O)OC(C)(C)C)C(C)C(=O)Nc1cc(C)cc(C#Cc2ccccc2)n1. The maximum atomic E-state index is 12.5. The van der Waals surface area contributed by atoms with Gasteiger partial charge < -0.3 is 15.4 Å². The Kier molecular flexibility index (Phi) is 6.28. The van der Waals surface area contributed by atoms with Crippen LogP contribution in [0.5, 0.6) is 0 Å². The number of hydrogen-bond donors (Lipinski definition) is 2. The summed E-state index contributed by atoms with van der Waals surface area (Å²) in [5.41, 5.74) is 1.48. The van der Waals surface area contributed by atoms with Crippen molar-refractivity contribution in [3.05, 3.63) is 59.3 Å². The van der Waals surface area contributed by atoms with Crippen molar-refractivity contribution in [1.82, 2.24) is 10.3 Å². The monoisotopic (exact) mass is 380 g/mol. The average Bonchev–Trinajstić information content (AvgIpc) is 2.64. The number of anilines is 1. The summed E-state index contributed by atoms with van der Waals surface area (Å²) in [6.07, 6.45) is -0.897. The second-order valence-electron chi connectivity index (χ2n) is 7.31. The molecule has 28 heavy (non-hydrogen) atoms. The molecule has 2 N–H and O–H groups in total. The van der Waals surface area contributed by atoms with E-state index in [1.807, 2.05) is 43.3 Å². The van der Waals surface area contributed by atoms with Crippen LogP contribution in [0.3, 0.4) is 0 Å². The Bertz CT molecular complexity index is 943. The van der Waals surface area contributed by atoms with E-state index in [2.05, 4.69) is 22.1 Å². The summed E-state index contributed by atoms with van der Waals surface area (Å²) >= 11 is 0. The van der Waals surface area contributed by atoms with Crippen LogP contribution in [0.25, 0.3) is 0 Å². The molecule has 0 radical (unpaired) electrons. The third kappa shape index (κ3) is 7.12. The minimum atomic E-state index is -1.06. The second kappa shape index (κ2) is 9.05. The van der Waals surface area contributed by atoms with Crippen LogP contribution in [0.1, 0.15) is 44.5 Å². The Labute approximate surface area is 167 Å². The first-order valence-corrected chi connectivity index (χ1v) is 8.93. The maximum absolute atomic E-state index is 12.5. The number of hydrogen-bond acceptors (Lipinski definition) is 4. The van der Waals surface area contributed by atoms with Gasteiger partial charge in [0.1, 0.15) is 23.2 Å². The molecule has 0 saturated carbocycles. The summed E-state index contributed by atoms with van der Waals surface area (Å²) in [4.78, 5) is 28.8. The van der Waals surface area contributed by atoms with Crippen LogP contribution in [-0.4, -0.2) is 28.6 Å². The smallest absolute Gasteiger partial charge is 0.408 e. The van der Waals surface area contributed by atoms with E-state index in [4.69, 9.17) is 6.15 Å². The molecule has 2 amide bonds. The van der Waals surface area contributed by atoms with E-state index >= 15 is 0 Å². The van der Waals surface area contributed by atoms with Crippen molar-refractivity contribution in [3.63, 3.8) is 0 Å². The minimum Gasteiger partial charge on any atom is -0.444 e. The summed E-state index contributed by atoms with van der Waals surface area (Å²) in [6.45, 7) is 8.39. The molecule has 1 aromatic heterocycles. The summed E-state index contributed by atoms with van der Waals surface area (Å²) < 4.78 is 13.0. The summed E-state index contributed by atoms with van der Waals surface area (Å²) in [7, 11) is 0. The first kappa shape index (κ1) is 19.4. The molecule has 146 valence electrons. The fraction of sp³-hybridized carbons (Fsp3) is 0.318. The van der Waals surface area contributed by atoms with Crippen LogP contribution in [-0.2, 0) is 9.53 Å². The lowest BCUT2D eigenvalue weighted by molar-refractivity contribution is -0.117. The van der Waals surface area contributed by atoms with Crippen LogP contribution in [0.15, 0.2) is 42.5 Å². The molecule has 6 heteroatoms. The Morgan fingerprint density at radius 2 is 1.86 bits per heavy atom. The zero-order chi connectivity index (χ0) is 21.6. The van der Waals surface area contributed by atoms with Gasteiger partial charge in [0.15, 0.2) is 1.41 Å². The molecular weight excluding hydrogens is 354 g/mol. The highest BCUT2D eigenvalue weighted by Crippen LogP contribution is 2.11. The van der Waals surface area contributed by atoms with Crippen molar-refractivity contribution in [1.29, 1.82) is 0 Å². The predicted molar refractivity (Wildman–Crippen MR) is 109 cm³/mol. The zero-order valence-corrected chi connectivity index (χ0v) is 16.7. The highest BCUT2D eigenvalue weighted by molar-refractivity contribution is 5.95. The lowest BCUT2D eigenvalue weighted by atomic mass is 10.2. The van der Waals surface area contributed by atoms with Crippen molar-refractivity contribution >= 4 is 17.8 Å². The molecule has 0 aliphatic rings. The van der Waals surface area contributed by atoms with Crippen LogP contribution in [0.4, 0.5) is 10.6 Å². The number of nitrogens with zero attached hydrogens (tertiary/aromatic N) is 1. The summed E-state index contributed by atoms with van der Waals surface area (Å²) in [5.74, 6) is 5.75. The number of carbonyl (C=O) groups excluding carboxylic acids is 2. The quantitative estimate of drug-likeness (QED) is 0.797. The molecule has 2 aromatic rings. The zero-order valence-electron chi connectivity index (χ0n) is 17.7. The van der Waals surface area contributed by atoms with Crippen LogP contribution in [0.2, 0.25) is 1.41 Å². The molecule has 0 aliphatic heterocycles. The number of aromatic nitrogens is 1. The Morgan fingerprint density at radius 3 is 2.50 bits per heavy atom. The minimum absolute atomic E-state index is 0.303. The third-order valence-corrected chi connectivity index (χ3v) is 3.40. The fourth-order valence-corrected chi connectivity index (χ4v) is 2.19. The fourth-order valence-electron chi connectivity index (χ4n) is 2.19. The highest BCUT2D eigenvalue weighted by atomic mass is 16.6. The first-order valence-electron chi connectivity index (χ1n) is 9.37. The van der Waals surface area contributed by atoms with Crippen LogP contribution in [0, 0.1) is 18.8 Å². The first-order chi connectivity index (χ1) is 13.5. The summed E-state index contributed by atoms with van der Waals surface area (Å²) in [5, 5.41) is 3.14. The van der Waals surface area contributed by atoms with E-state index in [9.17, 15) is 9.59 Å². The lowest BCUT2D eigenvalue weighted by Crippen LogP contribution is -2.44.